The molecule has 4 heteroatoms. The van der Waals surface area contributed by atoms with E-state index in [9.17, 15) is 15.3 Å². The number of rotatable bonds is 13. The highest BCUT2D eigenvalue weighted by atomic mass is 16.3. The SMILES string of the molecule is [B]CCCC(O)/C=C/C=C\C=C\C=C\C(O)C(O)CCCCC. The van der Waals surface area contributed by atoms with Crippen LogP contribution in [0, 0.1) is 0 Å². The smallest absolute Gasteiger partial charge is 0.0982 e. The summed E-state index contributed by atoms with van der Waals surface area (Å²) in [6.07, 6.45) is 18.0. The minimum atomic E-state index is -0.821. The molecule has 0 rings (SSSR count). The van der Waals surface area contributed by atoms with Crippen LogP contribution in [0.5, 0.6) is 0 Å². The first-order chi connectivity index (χ1) is 11.1. The van der Waals surface area contributed by atoms with Crippen LogP contribution in [0.3, 0.4) is 0 Å². The molecule has 0 fully saturated rings. The molecule has 0 aliphatic carbocycles. The summed E-state index contributed by atoms with van der Waals surface area (Å²) in [5, 5.41) is 29.1. The molecule has 3 unspecified atom stereocenters. The molecule has 3 nitrogen and oxygen atoms in total. The van der Waals surface area contributed by atoms with Gasteiger partial charge in [-0.1, -0.05) is 87.5 Å². The molecule has 0 aliphatic heterocycles. The predicted molar refractivity (Wildman–Crippen MR) is 98.5 cm³/mol. The van der Waals surface area contributed by atoms with Gasteiger partial charge in [0, 0.05) is 0 Å². The number of hydrogen-bond acceptors (Lipinski definition) is 3. The highest BCUT2D eigenvalue weighted by Crippen LogP contribution is 2.07. The molecule has 2 radical (unpaired) electrons. The molecule has 23 heavy (non-hydrogen) atoms. The van der Waals surface area contributed by atoms with E-state index in [1.807, 2.05) is 18.2 Å². The molecule has 3 N–H and O–H groups in total. The Hall–Kier alpha value is -1.10. The van der Waals surface area contributed by atoms with Gasteiger partial charge in [-0.25, -0.2) is 0 Å². The maximum atomic E-state index is 9.75. The molecule has 0 aliphatic rings. The van der Waals surface area contributed by atoms with E-state index in [0.717, 1.165) is 25.7 Å². The fourth-order valence-corrected chi connectivity index (χ4v) is 1.95. The van der Waals surface area contributed by atoms with Crippen LogP contribution in [0.4, 0.5) is 0 Å². The third-order valence-electron chi connectivity index (χ3n) is 3.40. The van der Waals surface area contributed by atoms with Gasteiger partial charge in [-0.2, -0.15) is 0 Å². The summed E-state index contributed by atoms with van der Waals surface area (Å²) in [7, 11) is 5.37. The molecular weight excluding hydrogens is 287 g/mol. The van der Waals surface area contributed by atoms with Crippen LogP contribution >= 0.6 is 0 Å². The molecule has 0 amide bonds. The summed E-state index contributed by atoms with van der Waals surface area (Å²) in [6, 6.07) is 0. The third kappa shape index (κ3) is 14.2. The third-order valence-corrected chi connectivity index (χ3v) is 3.40. The quantitative estimate of drug-likeness (QED) is 0.277. The van der Waals surface area contributed by atoms with Crippen LogP contribution in [-0.4, -0.2) is 41.5 Å². The molecule has 3 atom stereocenters. The Labute approximate surface area is 142 Å². The average Bonchev–Trinajstić information content (AvgIpc) is 2.55. The van der Waals surface area contributed by atoms with Gasteiger partial charge in [0.2, 0.25) is 0 Å². The average molecular weight is 318 g/mol. The monoisotopic (exact) mass is 318 g/mol. The molecule has 0 spiro atoms. The zero-order valence-electron chi connectivity index (χ0n) is 14.2. The minimum Gasteiger partial charge on any atom is -0.390 e. The van der Waals surface area contributed by atoms with E-state index < -0.39 is 18.3 Å². The van der Waals surface area contributed by atoms with Crippen LogP contribution in [0.25, 0.3) is 0 Å². The van der Waals surface area contributed by atoms with Crippen molar-refractivity contribution < 1.29 is 15.3 Å². The Morgan fingerprint density at radius 1 is 0.783 bits per heavy atom. The zero-order valence-corrected chi connectivity index (χ0v) is 14.2. The maximum absolute atomic E-state index is 9.75. The Morgan fingerprint density at radius 2 is 1.39 bits per heavy atom. The fraction of sp³-hybridized carbons (Fsp3) is 0.579. The molecule has 0 aromatic heterocycles. The standard InChI is InChI=1S/C19H31BO3/c1-2-3-8-14-18(22)19(23)15-10-7-5-4-6-9-12-17(21)13-11-16-20/h4-7,9-10,12,15,17-19,21-23H,2-3,8,11,13-14,16H2,1H3/b6-4-,7-5+,12-9+,15-10+. The molecule has 128 valence electrons. The fourth-order valence-electron chi connectivity index (χ4n) is 1.95. The Kier molecular flexibility index (Phi) is 15.0. The maximum Gasteiger partial charge on any atom is 0.0982 e. The van der Waals surface area contributed by atoms with Gasteiger partial charge in [-0.15, -0.1) is 0 Å². The van der Waals surface area contributed by atoms with Crippen molar-refractivity contribution in [3.8, 4) is 0 Å². The molecule has 0 aromatic carbocycles. The van der Waals surface area contributed by atoms with Gasteiger partial charge in [-0.3, -0.25) is 0 Å². The number of aliphatic hydroxyl groups is 3. The lowest BCUT2D eigenvalue weighted by molar-refractivity contribution is 0.0415. The van der Waals surface area contributed by atoms with Crippen molar-refractivity contribution in [2.45, 2.75) is 70.1 Å². The van der Waals surface area contributed by atoms with Gasteiger partial charge in [0.05, 0.1) is 26.2 Å². The summed E-state index contributed by atoms with van der Waals surface area (Å²) in [5.74, 6) is 0. The highest BCUT2D eigenvalue weighted by molar-refractivity contribution is 6.08. The van der Waals surface area contributed by atoms with Gasteiger partial charge in [0.25, 0.3) is 0 Å². The van der Waals surface area contributed by atoms with Crippen LogP contribution in [0.15, 0.2) is 48.6 Å². The van der Waals surface area contributed by atoms with Crippen molar-refractivity contribution in [2.24, 2.45) is 0 Å². The van der Waals surface area contributed by atoms with Crippen molar-refractivity contribution >= 4 is 7.85 Å². The summed E-state index contributed by atoms with van der Waals surface area (Å²) in [5.41, 5.74) is 0. The molecule has 0 aromatic rings. The summed E-state index contributed by atoms with van der Waals surface area (Å²) in [4.78, 5) is 0. The van der Waals surface area contributed by atoms with Gasteiger partial charge in [-0.05, 0) is 12.8 Å². The first-order valence-electron chi connectivity index (χ1n) is 8.54. The van der Waals surface area contributed by atoms with E-state index in [1.54, 1.807) is 30.4 Å². The topological polar surface area (TPSA) is 60.7 Å². The second kappa shape index (κ2) is 15.8. The zero-order chi connectivity index (χ0) is 17.3. The lowest BCUT2D eigenvalue weighted by Crippen LogP contribution is -2.23. The molecule has 0 bridgehead atoms. The largest absolute Gasteiger partial charge is 0.390 e. The Morgan fingerprint density at radius 3 is 2.00 bits per heavy atom. The molecule has 0 heterocycles. The second-order valence-corrected chi connectivity index (χ2v) is 5.59. The van der Waals surface area contributed by atoms with Gasteiger partial charge < -0.3 is 15.3 Å². The van der Waals surface area contributed by atoms with Gasteiger partial charge in [0.1, 0.15) is 0 Å². The van der Waals surface area contributed by atoms with E-state index >= 15 is 0 Å². The number of hydrogen-bond donors (Lipinski definition) is 3. The van der Waals surface area contributed by atoms with Crippen molar-refractivity contribution in [3.63, 3.8) is 0 Å². The normalized spacial score (nSPS) is 16.9. The van der Waals surface area contributed by atoms with E-state index in [4.69, 9.17) is 7.85 Å². The number of allylic oxidation sites excluding steroid dienone is 6. The first-order valence-corrected chi connectivity index (χ1v) is 8.54. The van der Waals surface area contributed by atoms with E-state index in [-0.39, 0.29) is 0 Å². The number of aliphatic hydroxyl groups excluding tert-OH is 3. The molecular formula is C19H31BO3. The van der Waals surface area contributed by atoms with Gasteiger partial charge in [0.15, 0.2) is 0 Å². The van der Waals surface area contributed by atoms with Crippen LogP contribution in [0.2, 0.25) is 6.32 Å². The van der Waals surface area contributed by atoms with Crippen molar-refractivity contribution in [1.82, 2.24) is 0 Å². The minimum absolute atomic E-state index is 0.448. The van der Waals surface area contributed by atoms with Crippen LogP contribution < -0.4 is 0 Å². The summed E-state index contributed by atoms with van der Waals surface area (Å²) < 4.78 is 0. The molecule has 0 saturated carbocycles. The van der Waals surface area contributed by atoms with Crippen molar-refractivity contribution in [3.05, 3.63) is 48.6 Å². The second-order valence-electron chi connectivity index (χ2n) is 5.59. The Bertz CT molecular complexity index is 375. The van der Waals surface area contributed by atoms with Gasteiger partial charge >= 0.3 is 0 Å². The molecule has 0 saturated heterocycles. The highest BCUT2D eigenvalue weighted by Gasteiger charge is 2.11. The summed E-state index contributed by atoms with van der Waals surface area (Å²) >= 11 is 0. The van der Waals surface area contributed by atoms with E-state index in [1.165, 1.54) is 0 Å². The van der Waals surface area contributed by atoms with Crippen molar-refractivity contribution in [1.29, 1.82) is 0 Å². The van der Waals surface area contributed by atoms with Crippen molar-refractivity contribution in [2.75, 3.05) is 0 Å². The van der Waals surface area contributed by atoms with E-state index in [0.29, 0.717) is 19.2 Å². The predicted octanol–water partition coefficient (Wildman–Crippen LogP) is 3.24. The van der Waals surface area contributed by atoms with E-state index in [2.05, 4.69) is 6.92 Å². The first kappa shape index (κ1) is 21.9. The lowest BCUT2D eigenvalue weighted by atomic mass is 9.98. The van der Waals surface area contributed by atoms with Crippen LogP contribution in [0.1, 0.15) is 45.4 Å². The lowest BCUT2D eigenvalue weighted by Gasteiger charge is -2.13. The number of unbranched alkanes of at least 4 members (excludes halogenated alkanes) is 2. The van der Waals surface area contributed by atoms with Crippen LogP contribution in [-0.2, 0) is 0 Å². The summed E-state index contributed by atoms with van der Waals surface area (Å²) in [6.45, 7) is 2.11. The Balaban J connectivity index is 3.94.